The molecule has 0 aliphatic heterocycles. The molecule has 0 saturated heterocycles. The first-order chi connectivity index (χ1) is 10.9. The number of thioether (sulfide) groups is 1. The van der Waals surface area contributed by atoms with E-state index in [1.807, 2.05) is 5.32 Å². The van der Waals surface area contributed by atoms with E-state index < -0.39 is 18.6 Å². The molecule has 2 aromatic heterocycles. The largest absolute Gasteiger partial charge is 0.405 e. The molecule has 0 aromatic carbocycles. The second-order valence-electron chi connectivity index (χ2n) is 5.25. The number of fused-ring (bicyclic) bond motifs is 3. The number of hydrogen-bond donors (Lipinski definition) is 1. The number of hydrogen-bond acceptors (Lipinski definition) is 5. The fourth-order valence-corrected chi connectivity index (χ4v) is 4.70. The quantitative estimate of drug-likeness (QED) is 0.670. The van der Waals surface area contributed by atoms with Gasteiger partial charge in [-0.3, -0.25) is 4.79 Å². The highest BCUT2D eigenvalue weighted by Gasteiger charge is 2.27. The van der Waals surface area contributed by atoms with Gasteiger partial charge in [-0.25, -0.2) is 9.97 Å². The van der Waals surface area contributed by atoms with Crippen LogP contribution in [0, 0.1) is 0 Å². The van der Waals surface area contributed by atoms with Gasteiger partial charge in [0, 0.05) is 10.3 Å². The van der Waals surface area contributed by atoms with Crippen LogP contribution in [0.15, 0.2) is 11.4 Å². The van der Waals surface area contributed by atoms with Gasteiger partial charge in [-0.1, -0.05) is 11.8 Å². The fourth-order valence-electron chi connectivity index (χ4n) is 2.55. The molecular formula is C14H14F3N3OS2. The number of rotatable bonds is 4. The SMILES string of the molecule is O=C(CSc1ncnc2sc3c(c12)CCCC3)NCC(F)(F)F. The van der Waals surface area contributed by atoms with Crippen LogP contribution in [0.1, 0.15) is 23.3 Å². The summed E-state index contributed by atoms with van der Waals surface area (Å²) < 4.78 is 36.3. The first kappa shape index (κ1) is 16.5. The Hall–Kier alpha value is -1.35. The van der Waals surface area contributed by atoms with Crippen LogP contribution in [0.4, 0.5) is 13.2 Å². The zero-order valence-electron chi connectivity index (χ0n) is 12.1. The summed E-state index contributed by atoms with van der Waals surface area (Å²) in [6.07, 6.45) is 1.33. The van der Waals surface area contributed by atoms with Crippen LogP contribution in [0.5, 0.6) is 0 Å². The van der Waals surface area contributed by atoms with Crippen molar-refractivity contribution in [2.75, 3.05) is 12.3 Å². The van der Waals surface area contributed by atoms with Crippen molar-refractivity contribution < 1.29 is 18.0 Å². The van der Waals surface area contributed by atoms with Crippen molar-refractivity contribution in [3.63, 3.8) is 0 Å². The Kier molecular flexibility index (Phi) is 4.77. The normalized spacial score (nSPS) is 14.7. The van der Waals surface area contributed by atoms with E-state index in [1.165, 1.54) is 16.8 Å². The number of aryl methyl sites for hydroxylation is 2. The van der Waals surface area contributed by atoms with Crippen LogP contribution in [0.3, 0.4) is 0 Å². The molecule has 0 atom stereocenters. The topological polar surface area (TPSA) is 54.9 Å². The van der Waals surface area contributed by atoms with Gasteiger partial charge in [-0.2, -0.15) is 13.2 Å². The van der Waals surface area contributed by atoms with E-state index in [-0.39, 0.29) is 5.75 Å². The summed E-state index contributed by atoms with van der Waals surface area (Å²) in [5.74, 6) is -0.740. The van der Waals surface area contributed by atoms with Gasteiger partial charge in [0.15, 0.2) is 0 Å². The third-order valence-electron chi connectivity index (χ3n) is 3.54. The van der Waals surface area contributed by atoms with Gasteiger partial charge >= 0.3 is 6.18 Å². The Bertz CT molecular complexity index is 730. The third-order valence-corrected chi connectivity index (χ3v) is 5.73. The molecule has 23 heavy (non-hydrogen) atoms. The molecule has 3 rings (SSSR count). The first-order valence-electron chi connectivity index (χ1n) is 7.15. The number of carbonyl (C=O) groups excluding carboxylic acids is 1. The molecule has 0 bridgehead atoms. The van der Waals surface area contributed by atoms with Crippen molar-refractivity contribution in [3.05, 3.63) is 16.8 Å². The van der Waals surface area contributed by atoms with Crippen molar-refractivity contribution in [2.45, 2.75) is 36.9 Å². The predicted octanol–water partition coefficient (Wildman–Crippen LogP) is 3.34. The predicted molar refractivity (Wildman–Crippen MR) is 83.8 cm³/mol. The third kappa shape index (κ3) is 3.95. The molecule has 0 spiro atoms. The lowest BCUT2D eigenvalue weighted by Crippen LogP contribution is -2.34. The minimum atomic E-state index is -4.39. The lowest BCUT2D eigenvalue weighted by molar-refractivity contribution is -0.136. The Balaban J connectivity index is 1.73. The molecule has 0 fully saturated rings. The lowest BCUT2D eigenvalue weighted by Gasteiger charge is -2.11. The highest BCUT2D eigenvalue weighted by Crippen LogP contribution is 2.39. The summed E-state index contributed by atoms with van der Waals surface area (Å²) in [4.78, 5) is 22.3. The summed E-state index contributed by atoms with van der Waals surface area (Å²) in [5, 5.41) is 3.52. The van der Waals surface area contributed by atoms with Gasteiger partial charge in [-0.15, -0.1) is 11.3 Å². The molecule has 0 radical (unpaired) electrons. The highest BCUT2D eigenvalue weighted by atomic mass is 32.2. The molecule has 2 aromatic rings. The van der Waals surface area contributed by atoms with Crippen LogP contribution < -0.4 is 5.32 Å². The second-order valence-corrected chi connectivity index (χ2v) is 7.30. The molecule has 1 N–H and O–H groups in total. The van der Waals surface area contributed by atoms with E-state index in [0.29, 0.717) is 5.03 Å². The zero-order valence-corrected chi connectivity index (χ0v) is 13.7. The second kappa shape index (κ2) is 6.64. The fraction of sp³-hybridized carbons (Fsp3) is 0.500. The van der Waals surface area contributed by atoms with Crippen molar-refractivity contribution in [3.8, 4) is 0 Å². The maximum Gasteiger partial charge on any atom is 0.405 e. The molecule has 4 nitrogen and oxygen atoms in total. The Morgan fingerprint density at radius 1 is 1.30 bits per heavy atom. The minimum Gasteiger partial charge on any atom is -0.346 e. The van der Waals surface area contributed by atoms with Gasteiger partial charge < -0.3 is 5.32 Å². The number of aromatic nitrogens is 2. The van der Waals surface area contributed by atoms with E-state index in [0.717, 1.165) is 47.7 Å². The van der Waals surface area contributed by atoms with Crippen LogP contribution in [0.2, 0.25) is 0 Å². The number of alkyl halides is 3. The van der Waals surface area contributed by atoms with E-state index in [4.69, 9.17) is 0 Å². The van der Waals surface area contributed by atoms with Gasteiger partial charge in [0.2, 0.25) is 5.91 Å². The van der Waals surface area contributed by atoms with Gasteiger partial charge in [0.25, 0.3) is 0 Å². The Labute approximate surface area is 138 Å². The molecular weight excluding hydrogens is 347 g/mol. The van der Waals surface area contributed by atoms with Crippen molar-refractivity contribution >= 4 is 39.2 Å². The Morgan fingerprint density at radius 3 is 2.87 bits per heavy atom. The number of amides is 1. The molecule has 1 amide bonds. The standard InChI is InChI=1S/C14H14F3N3OS2/c15-14(16,17)6-18-10(21)5-22-12-11-8-3-1-2-4-9(8)23-13(11)20-7-19-12/h7H,1-6H2,(H,18,21). The zero-order chi connectivity index (χ0) is 16.4. The average molecular weight is 361 g/mol. The highest BCUT2D eigenvalue weighted by molar-refractivity contribution is 8.00. The number of nitrogens with one attached hydrogen (secondary N) is 1. The molecule has 9 heteroatoms. The maximum absolute atomic E-state index is 12.1. The van der Waals surface area contributed by atoms with E-state index in [1.54, 1.807) is 11.3 Å². The van der Waals surface area contributed by atoms with Gasteiger partial charge in [0.05, 0.1) is 5.75 Å². The molecule has 1 aliphatic carbocycles. The summed E-state index contributed by atoms with van der Waals surface area (Å²) in [6, 6.07) is 0. The van der Waals surface area contributed by atoms with Crippen LogP contribution >= 0.6 is 23.1 Å². The maximum atomic E-state index is 12.1. The van der Waals surface area contributed by atoms with E-state index >= 15 is 0 Å². The number of nitrogens with zero attached hydrogens (tertiary/aromatic N) is 2. The molecule has 1 aliphatic rings. The monoisotopic (exact) mass is 361 g/mol. The minimum absolute atomic E-state index is 0.0905. The van der Waals surface area contributed by atoms with Crippen molar-refractivity contribution in [1.29, 1.82) is 0 Å². The van der Waals surface area contributed by atoms with Crippen molar-refractivity contribution in [1.82, 2.24) is 15.3 Å². The summed E-state index contributed by atoms with van der Waals surface area (Å²) >= 11 is 2.81. The van der Waals surface area contributed by atoms with Crippen LogP contribution in [-0.4, -0.2) is 34.3 Å². The Morgan fingerprint density at radius 2 is 2.09 bits per heavy atom. The number of thiophene rings is 1. The average Bonchev–Trinajstić information content (AvgIpc) is 2.89. The number of halogens is 3. The van der Waals surface area contributed by atoms with Crippen LogP contribution in [0.25, 0.3) is 10.2 Å². The summed E-state index contributed by atoms with van der Waals surface area (Å²) in [5.41, 5.74) is 1.25. The van der Waals surface area contributed by atoms with Gasteiger partial charge in [-0.05, 0) is 31.2 Å². The van der Waals surface area contributed by atoms with E-state index in [9.17, 15) is 18.0 Å². The van der Waals surface area contributed by atoms with Crippen molar-refractivity contribution in [2.24, 2.45) is 0 Å². The van der Waals surface area contributed by atoms with E-state index in [2.05, 4.69) is 9.97 Å². The smallest absolute Gasteiger partial charge is 0.346 e. The summed E-state index contributed by atoms with van der Waals surface area (Å²) in [6.45, 7) is -1.31. The summed E-state index contributed by atoms with van der Waals surface area (Å²) in [7, 11) is 0. The molecule has 0 saturated carbocycles. The first-order valence-corrected chi connectivity index (χ1v) is 8.96. The number of carbonyl (C=O) groups is 1. The molecule has 0 unspecified atom stereocenters. The molecule has 2 heterocycles. The lowest BCUT2D eigenvalue weighted by atomic mass is 9.97. The molecule has 124 valence electrons. The van der Waals surface area contributed by atoms with Gasteiger partial charge in [0.1, 0.15) is 22.7 Å². The van der Waals surface area contributed by atoms with Crippen LogP contribution in [-0.2, 0) is 17.6 Å².